The van der Waals surface area contributed by atoms with Crippen LogP contribution in [0.1, 0.15) is 10.4 Å². The third-order valence-corrected chi connectivity index (χ3v) is 4.54. The second kappa shape index (κ2) is 9.57. The fourth-order valence-electron chi connectivity index (χ4n) is 3.00. The number of aromatic nitrogens is 2. The number of benzene rings is 3. The molecule has 32 heavy (non-hydrogen) atoms. The Morgan fingerprint density at radius 1 is 0.875 bits per heavy atom. The quantitative estimate of drug-likeness (QED) is 0.459. The summed E-state index contributed by atoms with van der Waals surface area (Å²) >= 11 is 0. The van der Waals surface area contributed by atoms with Gasteiger partial charge in [-0.2, -0.15) is 5.10 Å². The molecule has 0 bridgehead atoms. The zero-order chi connectivity index (χ0) is 22.3. The topological polar surface area (TPSA) is 85.3 Å². The Hall–Kier alpha value is -4.46. The second-order valence-electron chi connectivity index (χ2n) is 6.76. The van der Waals surface area contributed by atoms with Gasteiger partial charge < -0.3 is 4.74 Å². The Morgan fingerprint density at radius 3 is 2.25 bits per heavy atom. The van der Waals surface area contributed by atoms with E-state index in [0.29, 0.717) is 5.69 Å². The van der Waals surface area contributed by atoms with E-state index in [9.17, 15) is 14.0 Å². The van der Waals surface area contributed by atoms with E-state index in [1.54, 1.807) is 16.9 Å². The molecule has 0 unspecified atom stereocenters. The molecule has 1 aromatic heterocycles. The highest BCUT2D eigenvalue weighted by Crippen LogP contribution is 2.23. The molecule has 7 nitrogen and oxygen atoms in total. The van der Waals surface area contributed by atoms with Crippen molar-refractivity contribution >= 4 is 11.8 Å². The number of nitrogens with zero attached hydrogens (tertiary/aromatic N) is 2. The van der Waals surface area contributed by atoms with Gasteiger partial charge in [0.25, 0.3) is 11.8 Å². The lowest BCUT2D eigenvalue weighted by Gasteiger charge is -2.09. The summed E-state index contributed by atoms with van der Waals surface area (Å²) in [5.74, 6) is -1.82. The van der Waals surface area contributed by atoms with Crippen LogP contribution in [0.4, 0.5) is 4.39 Å². The first-order chi connectivity index (χ1) is 15.6. The molecule has 0 aliphatic heterocycles. The molecule has 0 saturated heterocycles. The van der Waals surface area contributed by atoms with Gasteiger partial charge in [0.15, 0.2) is 18.2 Å². The first-order valence-electron chi connectivity index (χ1n) is 9.79. The largest absolute Gasteiger partial charge is 0.481 e. The second-order valence-corrected chi connectivity index (χ2v) is 6.76. The van der Waals surface area contributed by atoms with Gasteiger partial charge in [0.1, 0.15) is 5.69 Å². The minimum atomic E-state index is -0.640. The highest BCUT2D eigenvalue weighted by Gasteiger charge is 2.19. The molecule has 4 aromatic rings. The first-order valence-corrected chi connectivity index (χ1v) is 9.79. The van der Waals surface area contributed by atoms with Crippen LogP contribution >= 0.6 is 0 Å². The van der Waals surface area contributed by atoms with Crippen molar-refractivity contribution < 1.29 is 18.7 Å². The van der Waals surface area contributed by atoms with E-state index >= 15 is 0 Å². The molecule has 0 aliphatic rings. The van der Waals surface area contributed by atoms with E-state index in [0.717, 1.165) is 11.3 Å². The van der Waals surface area contributed by atoms with Gasteiger partial charge in [-0.3, -0.25) is 20.4 Å². The van der Waals surface area contributed by atoms with Gasteiger partial charge in [0.05, 0.1) is 11.3 Å². The first kappa shape index (κ1) is 20.8. The summed E-state index contributed by atoms with van der Waals surface area (Å²) in [7, 11) is 0. The Balaban J connectivity index is 1.48. The molecule has 160 valence electrons. The molecule has 3 aromatic carbocycles. The minimum Gasteiger partial charge on any atom is -0.481 e. The highest BCUT2D eigenvalue weighted by atomic mass is 19.1. The van der Waals surface area contributed by atoms with Gasteiger partial charge in [-0.1, -0.05) is 60.7 Å². The van der Waals surface area contributed by atoms with Crippen molar-refractivity contribution in [2.45, 2.75) is 0 Å². The van der Waals surface area contributed by atoms with Crippen molar-refractivity contribution in [3.05, 3.63) is 103 Å². The van der Waals surface area contributed by atoms with Crippen molar-refractivity contribution in [3.63, 3.8) is 0 Å². The SMILES string of the molecule is O=C(COc1ccccc1F)NNC(=O)c1cn(-c2ccccc2)nc1-c1ccccc1. The summed E-state index contributed by atoms with van der Waals surface area (Å²) in [6.07, 6.45) is 1.59. The predicted octanol–water partition coefficient (Wildman–Crippen LogP) is 3.52. The van der Waals surface area contributed by atoms with Gasteiger partial charge in [-0.25, -0.2) is 9.07 Å². The zero-order valence-electron chi connectivity index (χ0n) is 16.9. The molecule has 0 aliphatic carbocycles. The van der Waals surface area contributed by atoms with Gasteiger partial charge in [-0.05, 0) is 24.3 Å². The van der Waals surface area contributed by atoms with Crippen LogP contribution in [-0.2, 0) is 4.79 Å². The lowest BCUT2D eigenvalue weighted by Crippen LogP contribution is -2.43. The van der Waals surface area contributed by atoms with E-state index in [1.165, 1.54) is 18.2 Å². The smallest absolute Gasteiger partial charge is 0.276 e. The van der Waals surface area contributed by atoms with E-state index in [2.05, 4.69) is 16.0 Å². The predicted molar refractivity (Wildman–Crippen MR) is 117 cm³/mol. The number of hydrazine groups is 1. The van der Waals surface area contributed by atoms with E-state index in [4.69, 9.17) is 4.74 Å². The Bertz CT molecular complexity index is 1230. The normalized spacial score (nSPS) is 10.4. The molecule has 0 spiro atoms. The zero-order valence-corrected chi connectivity index (χ0v) is 16.9. The number of hydrogen-bond donors (Lipinski definition) is 2. The number of amides is 2. The van der Waals surface area contributed by atoms with Crippen LogP contribution in [-0.4, -0.2) is 28.2 Å². The molecule has 0 saturated carbocycles. The number of carbonyl (C=O) groups is 2. The van der Waals surface area contributed by atoms with Crippen LogP contribution in [0.15, 0.2) is 91.1 Å². The maximum atomic E-state index is 13.6. The molecule has 2 N–H and O–H groups in total. The molecule has 1 heterocycles. The molecule has 0 radical (unpaired) electrons. The Labute approximate surface area is 183 Å². The number of halogens is 1. The van der Waals surface area contributed by atoms with Crippen LogP contribution in [0.3, 0.4) is 0 Å². The maximum absolute atomic E-state index is 13.6. The fourth-order valence-corrected chi connectivity index (χ4v) is 3.00. The minimum absolute atomic E-state index is 0.0514. The monoisotopic (exact) mass is 430 g/mol. The summed E-state index contributed by atoms with van der Waals surface area (Å²) in [5, 5.41) is 4.56. The fraction of sp³-hybridized carbons (Fsp3) is 0.0417. The van der Waals surface area contributed by atoms with Gasteiger partial charge in [0.2, 0.25) is 0 Å². The van der Waals surface area contributed by atoms with E-state index in [-0.39, 0.29) is 11.3 Å². The molecule has 8 heteroatoms. The third kappa shape index (κ3) is 4.81. The lowest BCUT2D eigenvalue weighted by atomic mass is 10.1. The number of nitrogens with one attached hydrogen (secondary N) is 2. The molecular weight excluding hydrogens is 411 g/mol. The lowest BCUT2D eigenvalue weighted by molar-refractivity contribution is -0.123. The standard InChI is InChI=1S/C24H19FN4O3/c25-20-13-7-8-14-21(20)32-16-22(30)26-27-24(31)19-15-29(18-11-5-2-6-12-18)28-23(19)17-9-3-1-4-10-17/h1-15H,16H2,(H,26,30)(H,27,31). The molecule has 4 rings (SSSR count). The van der Waals surface area contributed by atoms with Crippen molar-refractivity contribution in [1.82, 2.24) is 20.6 Å². The van der Waals surface area contributed by atoms with E-state index < -0.39 is 24.2 Å². The highest BCUT2D eigenvalue weighted by molar-refractivity contribution is 6.00. The van der Waals surface area contributed by atoms with Crippen molar-refractivity contribution in [2.75, 3.05) is 6.61 Å². The summed E-state index contributed by atoms with van der Waals surface area (Å²) in [4.78, 5) is 24.9. The summed E-state index contributed by atoms with van der Waals surface area (Å²) in [6.45, 7) is -0.462. The number of ether oxygens (including phenoxy) is 1. The van der Waals surface area contributed by atoms with Crippen molar-refractivity contribution in [2.24, 2.45) is 0 Å². The van der Waals surface area contributed by atoms with Gasteiger partial charge in [0, 0.05) is 11.8 Å². The number of carbonyl (C=O) groups excluding carboxylic acids is 2. The molecule has 0 atom stereocenters. The van der Waals surface area contributed by atoms with E-state index in [1.807, 2.05) is 60.7 Å². The van der Waals surface area contributed by atoms with Crippen LogP contribution in [0, 0.1) is 5.82 Å². The van der Waals surface area contributed by atoms with Gasteiger partial charge in [-0.15, -0.1) is 0 Å². The Morgan fingerprint density at radius 2 is 1.53 bits per heavy atom. The summed E-state index contributed by atoms with van der Waals surface area (Å²) in [5.41, 5.74) is 6.90. The third-order valence-electron chi connectivity index (χ3n) is 4.54. The average Bonchev–Trinajstić information content (AvgIpc) is 3.29. The summed E-state index contributed by atoms with van der Waals surface area (Å²) < 4.78 is 20.3. The van der Waals surface area contributed by atoms with Crippen LogP contribution < -0.4 is 15.6 Å². The average molecular weight is 430 g/mol. The Kier molecular flexibility index (Phi) is 6.22. The van der Waals surface area contributed by atoms with Crippen molar-refractivity contribution in [3.8, 4) is 22.7 Å². The number of rotatable bonds is 6. The van der Waals surface area contributed by atoms with Crippen LogP contribution in [0.2, 0.25) is 0 Å². The number of hydrogen-bond acceptors (Lipinski definition) is 4. The van der Waals surface area contributed by atoms with Crippen molar-refractivity contribution in [1.29, 1.82) is 0 Å². The molecule has 2 amide bonds. The maximum Gasteiger partial charge on any atom is 0.276 e. The van der Waals surface area contributed by atoms with Crippen LogP contribution in [0.5, 0.6) is 5.75 Å². The molecular formula is C24H19FN4O3. The molecule has 0 fully saturated rings. The van der Waals surface area contributed by atoms with Gasteiger partial charge >= 0.3 is 0 Å². The number of para-hydroxylation sites is 2. The van der Waals surface area contributed by atoms with Crippen LogP contribution in [0.25, 0.3) is 16.9 Å². The summed E-state index contributed by atoms with van der Waals surface area (Å²) in [6, 6.07) is 24.3.